The van der Waals surface area contributed by atoms with Crippen molar-refractivity contribution < 1.29 is 9.90 Å². The van der Waals surface area contributed by atoms with Gasteiger partial charge in [-0.2, -0.15) is 0 Å². The van der Waals surface area contributed by atoms with Crippen molar-refractivity contribution in [1.82, 2.24) is 10.6 Å². The molecular formula is C21H26N2O2. The molecule has 0 heterocycles. The van der Waals surface area contributed by atoms with Gasteiger partial charge in [-0.3, -0.25) is 0 Å². The Labute approximate surface area is 149 Å². The van der Waals surface area contributed by atoms with Crippen molar-refractivity contribution in [1.29, 1.82) is 0 Å². The zero-order valence-electron chi connectivity index (χ0n) is 14.4. The molecular weight excluding hydrogens is 312 g/mol. The van der Waals surface area contributed by atoms with E-state index in [9.17, 15) is 9.90 Å². The zero-order chi connectivity index (χ0) is 17.5. The lowest BCUT2D eigenvalue weighted by Crippen LogP contribution is -2.49. The highest BCUT2D eigenvalue weighted by atomic mass is 16.3. The van der Waals surface area contributed by atoms with Gasteiger partial charge in [-0.15, -0.1) is 0 Å². The van der Waals surface area contributed by atoms with Gasteiger partial charge in [0.1, 0.15) is 0 Å². The van der Waals surface area contributed by atoms with Crippen LogP contribution in [0.15, 0.2) is 60.7 Å². The van der Waals surface area contributed by atoms with Gasteiger partial charge in [0.25, 0.3) is 0 Å². The maximum Gasteiger partial charge on any atom is 0.315 e. The summed E-state index contributed by atoms with van der Waals surface area (Å²) in [4.78, 5) is 11.9. The van der Waals surface area contributed by atoms with Gasteiger partial charge < -0.3 is 15.7 Å². The summed E-state index contributed by atoms with van der Waals surface area (Å²) >= 11 is 0. The fraction of sp³-hybridized carbons (Fsp3) is 0.381. The molecule has 2 aromatic rings. The molecule has 0 aliphatic heterocycles. The van der Waals surface area contributed by atoms with Gasteiger partial charge in [-0.05, 0) is 42.7 Å². The van der Waals surface area contributed by atoms with Crippen LogP contribution in [0.25, 0.3) is 0 Å². The molecule has 1 fully saturated rings. The van der Waals surface area contributed by atoms with Crippen LogP contribution in [0.1, 0.15) is 36.3 Å². The standard InChI is InChI=1S/C21H26N2O2/c24-20(12-11-16-7-3-1-4-8-16)15-22-21(25)23-19-13-18(14-19)17-9-5-2-6-10-17/h1-10,18-20,24H,11-15H2,(H2,22,23,25). The van der Waals surface area contributed by atoms with Crippen LogP contribution < -0.4 is 10.6 Å². The molecule has 0 bridgehead atoms. The molecule has 2 amide bonds. The first-order valence-electron chi connectivity index (χ1n) is 9.02. The Bertz CT molecular complexity index is 654. The Kier molecular flexibility index (Phi) is 6.07. The van der Waals surface area contributed by atoms with Crippen molar-refractivity contribution >= 4 is 6.03 Å². The van der Waals surface area contributed by atoms with Crippen LogP contribution in [0.4, 0.5) is 4.79 Å². The van der Waals surface area contributed by atoms with Crippen LogP contribution in [-0.2, 0) is 6.42 Å². The molecule has 1 aliphatic rings. The Morgan fingerprint density at radius 2 is 1.68 bits per heavy atom. The number of benzene rings is 2. The summed E-state index contributed by atoms with van der Waals surface area (Å²) in [6.45, 7) is 0.285. The van der Waals surface area contributed by atoms with Gasteiger partial charge in [0, 0.05) is 12.6 Å². The number of rotatable bonds is 7. The number of hydrogen-bond donors (Lipinski definition) is 3. The van der Waals surface area contributed by atoms with E-state index < -0.39 is 6.10 Å². The third-order valence-electron chi connectivity index (χ3n) is 4.85. The zero-order valence-corrected chi connectivity index (χ0v) is 14.4. The molecule has 4 nitrogen and oxygen atoms in total. The Balaban J connectivity index is 1.30. The number of hydrogen-bond acceptors (Lipinski definition) is 2. The minimum atomic E-state index is -0.524. The van der Waals surface area contributed by atoms with Gasteiger partial charge in [-0.1, -0.05) is 60.7 Å². The van der Waals surface area contributed by atoms with Crippen molar-refractivity contribution in [3.05, 3.63) is 71.8 Å². The van der Waals surface area contributed by atoms with E-state index in [0.29, 0.717) is 12.3 Å². The first-order valence-corrected chi connectivity index (χ1v) is 9.02. The number of nitrogens with one attached hydrogen (secondary N) is 2. The van der Waals surface area contributed by atoms with E-state index in [0.717, 1.165) is 19.3 Å². The molecule has 4 heteroatoms. The third kappa shape index (κ3) is 5.33. The quantitative estimate of drug-likeness (QED) is 0.726. The smallest absolute Gasteiger partial charge is 0.315 e. The van der Waals surface area contributed by atoms with Crippen molar-refractivity contribution in [3.63, 3.8) is 0 Å². The molecule has 1 unspecified atom stereocenters. The van der Waals surface area contributed by atoms with Gasteiger partial charge in [-0.25, -0.2) is 4.79 Å². The highest BCUT2D eigenvalue weighted by Gasteiger charge is 2.31. The largest absolute Gasteiger partial charge is 0.391 e. The highest BCUT2D eigenvalue weighted by molar-refractivity contribution is 5.74. The van der Waals surface area contributed by atoms with E-state index in [1.165, 1.54) is 11.1 Å². The van der Waals surface area contributed by atoms with E-state index in [1.807, 2.05) is 36.4 Å². The van der Waals surface area contributed by atoms with Crippen LogP contribution >= 0.6 is 0 Å². The van der Waals surface area contributed by atoms with Gasteiger partial charge in [0.05, 0.1) is 6.10 Å². The van der Waals surface area contributed by atoms with Crippen LogP contribution in [0.3, 0.4) is 0 Å². The number of aliphatic hydroxyl groups is 1. The molecule has 25 heavy (non-hydrogen) atoms. The average Bonchev–Trinajstić information content (AvgIpc) is 2.62. The van der Waals surface area contributed by atoms with Crippen LogP contribution in [0, 0.1) is 0 Å². The minimum absolute atomic E-state index is 0.185. The third-order valence-corrected chi connectivity index (χ3v) is 4.85. The first kappa shape index (κ1) is 17.5. The van der Waals surface area contributed by atoms with Gasteiger partial charge in [0.2, 0.25) is 0 Å². The first-order chi connectivity index (χ1) is 12.2. The predicted molar refractivity (Wildman–Crippen MR) is 99.5 cm³/mol. The van der Waals surface area contributed by atoms with Crippen molar-refractivity contribution in [2.45, 2.75) is 43.7 Å². The van der Waals surface area contributed by atoms with Crippen molar-refractivity contribution in [2.24, 2.45) is 0 Å². The number of amides is 2. The molecule has 0 radical (unpaired) electrons. The van der Waals surface area contributed by atoms with E-state index in [2.05, 4.69) is 34.9 Å². The lowest BCUT2D eigenvalue weighted by atomic mass is 9.76. The Morgan fingerprint density at radius 3 is 2.36 bits per heavy atom. The second-order valence-corrected chi connectivity index (χ2v) is 6.81. The summed E-state index contributed by atoms with van der Waals surface area (Å²) in [5.74, 6) is 0.544. The average molecular weight is 338 g/mol. The van der Waals surface area contributed by atoms with E-state index in [1.54, 1.807) is 0 Å². The summed E-state index contributed by atoms with van der Waals surface area (Å²) in [7, 11) is 0. The second-order valence-electron chi connectivity index (χ2n) is 6.81. The molecule has 1 saturated carbocycles. The molecule has 132 valence electrons. The fourth-order valence-electron chi connectivity index (χ4n) is 3.26. The van der Waals surface area contributed by atoms with E-state index >= 15 is 0 Å². The second kappa shape index (κ2) is 8.67. The van der Waals surface area contributed by atoms with Gasteiger partial charge >= 0.3 is 6.03 Å². The van der Waals surface area contributed by atoms with Gasteiger partial charge in [0.15, 0.2) is 0 Å². The monoisotopic (exact) mass is 338 g/mol. The number of carbonyl (C=O) groups excluding carboxylic acids is 1. The summed E-state index contributed by atoms with van der Waals surface area (Å²) < 4.78 is 0. The SMILES string of the molecule is O=C(NCC(O)CCc1ccccc1)NC1CC(c2ccccc2)C1. The van der Waals surface area contributed by atoms with Crippen molar-refractivity contribution in [2.75, 3.05) is 6.54 Å². The highest BCUT2D eigenvalue weighted by Crippen LogP contribution is 2.36. The number of aliphatic hydroxyl groups excluding tert-OH is 1. The molecule has 0 spiro atoms. The topological polar surface area (TPSA) is 61.4 Å². The Morgan fingerprint density at radius 1 is 1.04 bits per heavy atom. The lowest BCUT2D eigenvalue weighted by molar-refractivity contribution is 0.159. The van der Waals surface area contributed by atoms with Crippen LogP contribution in [0.2, 0.25) is 0 Å². The minimum Gasteiger partial charge on any atom is -0.391 e. The summed E-state index contributed by atoms with van der Waals surface area (Å²) in [5.41, 5.74) is 2.55. The molecule has 2 aromatic carbocycles. The summed E-state index contributed by atoms with van der Waals surface area (Å²) in [6, 6.07) is 20.5. The van der Waals surface area contributed by atoms with Crippen LogP contribution in [0.5, 0.6) is 0 Å². The molecule has 1 atom stereocenters. The number of carbonyl (C=O) groups is 1. The molecule has 3 rings (SSSR count). The predicted octanol–water partition coefficient (Wildman–Crippen LogP) is 3.23. The summed E-state index contributed by atoms with van der Waals surface area (Å²) in [6.07, 6.45) is 2.89. The molecule has 0 saturated heterocycles. The summed E-state index contributed by atoms with van der Waals surface area (Å²) in [5, 5.41) is 15.8. The maximum atomic E-state index is 11.9. The number of aryl methyl sites for hydroxylation is 1. The molecule has 3 N–H and O–H groups in total. The Hall–Kier alpha value is -2.33. The van der Waals surface area contributed by atoms with E-state index in [-0.39, 0.29) is 18.6 Å². The molecule has 1 aliphatic carbocycles. The molecule has 0 aromatic heterocycles. The lowest BCUT2D eigenvalue weighted by Gasteiger charge is -2.36. The van der Waals surface area contributed by atoms with E-state index in [4.69, 9.17) is 0 Å². The van der Waals surface area contributed by atoms with Crippen molar-refractivity contribution in [3.8, 4) is 0 Å². The maximum absolute atomic E-state index is 11.9. The number of urea groups is 1. The van der Waals surface area contributed by atoms with Crippen LogP contribution in [-0.4, -0.2) is 29.8 Å². The fourth-order valence-corrected chi connectivity index (χ4v) is 3.26. The normalized spacial score (nSPS) is 20.4.